The van der Waals surface area contributed by atoms with Gasteiger partial charge in [-0.3, -0.25) is 10.1 Å². The molecule has 6 heteroatoms. The number of nitro groups is 1. The SMILES string of the molecule is C[Si](C)(C)C#Cc1cc2c(cc1C=C[N+](=O)[O-])OCO2. The molecule has 1 heterocycles. The number of hydrogen-bond acceptors (Lipinski definition) is 4. The normalized spacial score (nSPS) is 13.2. The predicted octanol–water partition coefficient (Wildman–Crippen LogP) is 2.89. The van der Waals surface area contributed by atoms with Crippen molar-refractivity contribution < 1.29 is 14.4 Å². The third kappa shape index (κ3) is 3.62. The highest BCUT2D eigenvalue weighted by Crippen LogP contribution is 2.35. The van der Waals surface area contributed by atoms with Crippen LogP contribution in [0.15, 0.2) is 18.3 Å². The molecule has 0 bridgehead atoms. The van der Waals surface area contributed by atoms with Gasteiger partial charge >= 0.3 is 0 Å². The molecule has 0 aromatic heterocycles. The molecular formula is C14H15NO4Si. The molecule has 1 aliphatic rings. The smallest absolute Gasteiger partial charge is 0.235 e. The van der Waals surface area contributed by atoms with Crippen molar-refractivity contribution in [1.29, 1.82) is 0 Å². The van der Waals surface area contributed by atoms with Gasteiger partial charge in [-0.05, 0) is 6.07 Å². The summed E-state index contributed by atoms with van der Waals surface area (Å²) in [7, 11) is -1.52. The van der Waals surface area contributed by atoms with Crippen LogP contribution in [0.1, 0.15) is 11.1 Å². The van der Waals surface area contributed by atoms with Gasteiger partial charge in [0.2, 0.25) is 13.0 Å². The first-order valence-corrected chi connectivity index (χ1v) is 9.64. The number of fused-ring (bicyclic) bond motifs is 1. The zero-order chi connectivity index (χ0) is 14.8. The number of rotatable bonds is 2. The molecule has 104 valence electrons. The third-order valence-electron chi connectivity index (χ3n) is 2.49. The van der Waals surface area contributed by atoms with Crippen LogP contribution in [0.2, 0.25) is 19.6 Å². The van der Waals surface area contributed by atoms with Gasteiger partial charge in [0.05, 0.1) is 4.92 Å². The summed E-state index contributed by atoms with van der Waals surface area (Å²) in [5.41, 5.74) is 4.63. The van der Waals surface area contributed by atoms with E-state index in [-0.39, 0.29) is 6.79 Å². The maximum Gasteiger partial charge on any atom is 0.235 e. The van der Waals surface area contributed by atoms with Gasteiger partial charge in [0.1, 0.15) is 8.07 Å². The lowest BCUT2D eigenvalue weighted by Gasteiger charge is -2.05. The highest BCUT2D eigenvalue weighted by atomic mass is 28.3. The number of ether oxygens (including phenoxy) is 2. The standard InChI is InChI=1S/C14H15NO4Si/c1-20(2,3)7-5-12-9-14-13(18-10-19-14)8-11(12)4-6-15(16)17/h4,6,8-9H,10H2,1-3H3. The van der Waals surface area contributed by atoms with Crippen LogP contribution in [0.4, 0.5) is 0 Å². The van der Waals surface area contributed by atoms with Crippen molar-refractivity contribution in [3.05, 3.63) is 39.6 Å². The Morgan fingerprint density at radius 2 is 1.95 bits per heavy atom. The van der Waals surface area contributed by atoms with Crippen molar-refractivity contribution in [2.24, 2.45) is 0 Å². The van der Waals surface area contributed by atoms with Crippen LogP contribution in [-0.2, 0) is 0 Å². The predicted molar refractivity (Wildman–Crippen MR) is 78.8 cm³/mol. The molecule has 0 unspecified atom stereocenters. The molecule has 0 fully saturated rings. The van der Waals surface area contributed by atoms with E-state index in [4.69, 9.17) is 9.47 Å². The average Bonchev–Trinajstić information content (AvgIpc) is 2.79. The Bertz CT molecular complexity index is 635. The summed E-state index contributed by atoms with van der Waals surface area (Å²) in [4.78, 5) is 9.97. The molecule has 2 rings (SSSR count). The molecule has 0 radical (unpaired) electrons. The van der Waals surface area contributed by atoms with Crippen molar-refractivity contribution in [3.8, 4) is 23.0 Å². The molecule has 0 spiro atoms. The maximum absolute atomic E-state index is 10.5. The topological polar surface area (TPSA) is 61.6 Å². The second kappa shape index (κ2) is 5.39. The zero-order valence-corrected chi connectivity index (χ0v) is 12.6. The summed E-state index contributed by atoms with van der Waals surface area (Å²) < 4.78 is 10.6. The highest BCUT2D eigenvalue weighted by Gasteiger charge is 2.16. The Labute approximate surface area is 118 Å². The molecule has 0 atom stereocenters. The van der Waals surface area contributed by atoms with Gasteiger partial charge in [-0.15, -0.1) is 5.54 Å². The fourth-order valence-corrected chi connectivity index (χ4v) is 2.11. The van der Waals surface area contributed by atoms with E-state index in [1.165, 1.54) is 6.08 Å². The minimum Gasteiger partial charge on any atom is -0.454 e. The minimum absolute atomic E-state index is 0.165. The van der Waals surface area contributed by atoms with Crippen LogP contribution in [0.3, 0.4) is 0 Å². The van der Waals surface area contributed by atoms with Gasteiger partial charge in [-0.2, -0.15) is 0 Å². The number of hydrogen-bond donors (Lipinski definition) is 0. The van der Waals surface area contributed by atoms with Crippen molar-refractivity contribution in [3.63, 3.8) is 0 Å². The van der Waals surface area contributed by atoms with Gasteiger partial charge in [0.15, 0.2) is 11.5 Å². The summed E-state index contributed by atoms with van der Waals surface area (Å²) >= 11 is 0. The Balaban J connectivity index is 2.46. The van der Waals surface area contributed by atoms with E-state index < -0.39 is 13.0 Å². The van der Waals surface area contributed by atoms with E-state index >= 15 is 0 Å². The third-order valence-corrected chi connectivity index (χ3v) is 3.37. The molecule has 0 N–H and O–H groups in total. The fourth-order valence-electron chi connectivity index (χ4n) is 1.60. The van der Waals surface area contributed by atoms with Crippen molar-refractivity contribution in [1.82, 2.24) is 0 Å². The summed E-state index contributed by atoms with van der Waals surface area (Å²) in [5.74, 6) is 4.33. The lowest BCUT2D eigenvalue weighted by molar-refractivity contribution is -0.400. The summed E-state index contributed by atoms with van der Waals surface area (Å²) in [6.07, 6.45) is 2.33. The summed E-state index contributed by atoms with van der Waals surface area (Å²) in [6, 6.07) is 3.49. The molecular weight excluding hydrogens is 274 g/mol. The average molecular weight is 289 g/mol. The van der Waals surface area contributed by atoms with Crippen molar-refractivity contribution in [2.75, 3.05) is 6.79 Å². The lowest BCUT2D eigenvalue weighted by Crippen LogP contribution is -2.16. The summed E-state index contributed by atoms with van der Waals surface area (Å²) in [6.45, 7) is 6.58. The molecule has 0 saturated heterocycles. The quantitative estimate of drug-likeness (QED) is 0.363. The van der Waals surface area contributed by atoms with Gasteiger partial charge < -0.3 is 9.47 Å². The Morgan fingerprint density at radius 3 is 2.55 bits per heavy atom. The molecule has 20 heavy (non-hydrogen) atoms. The van der Waals surface area contributed by atoms with E-state index in [9.17, 15) is 10.1 Å². The Hall–Kier alpha value is -2.26. The molecule has 1 aromatic carbocycles. The van der Waals surface area contributed by atoms with E-state index in [0.29, 0.717) is 17.1 Å². The minimum atomic E-state index is -1.52. The van der Waals surface area contributed by atoms with Gasteiger partial charge in [0, 0.05) is 23.3 Å². The first-order chi connectivity index (χ1) is 9.35. The Kier molecular flexibility index (Phi) is 3.81. The van der Waals surface area contributed by atoms with Crippen molar-refractivity contribution >= 4 is 14.1 Å². The first-order valence-electron chi connectivity index (χ1n) is 6.14. The first kappa shape index (κ1) is 14.2. The maximum atomic E-state index is 10.5. The molecule has 0 saturated carbocycles. The molecule has 1 aliphatic heterocycles. The monoisotopic (exact) mass is 289 g/mol. The largest absolute Gasteiger partial charge is 0.454 e. The van der Waals surface area contributed by atoms with E-state index in [1.807, 2.05) is 0 Å². The second-order valence-corrected chi connectivity index (χ2v) is 10.1. The molecule has 1 aromatic rings. The second-order valence-electron chi connectivity index (χ2n) is 5.39. The van der Waals surface area contributed by atoms with Gasteiger partial charge in [0.25, 0.3) is 0 Å². The van der Waals surface area contributed by atoms with Crippen LogP contribution >= 0.6 is 0 Å². The molecule has 0 amide bonds. The van der Waals surface area contributed by atoms with E-state index in [0.717, 1.165) is 11.8 Å². The van der Waals surface area contributed by atoms with Crippen LogP contribution < -0.4 is 9.47 Å². The number of benzene rings is 1. The molecule has 5 nitrogen and oxygen atoms in total. The molecule has 0 aliphatic carbocycles. The Morgan fingerprint density at radius 1 is 1.30 bits per heavy atom. The number of nitrogens with zero attached hydrogens (tertiary/aromatic N) is 1. The highest BCUT2D eigenvalue weighted by molar-refractivity contribution is 6.83. The van der Waals surface area contributed by atoms with Crippen LogP contribution in [-0.4, -0.2) is 19.8 Å². The van der Waals surface area contributed by atoms with Gasteiger partial charge in [-0.1, -0.05) is 25.6 Å². The van der Waals surface area contributed by atoms with Crippen molar-refractivity contribution in [2.45, 2.75) is 19.6 Å². The van der Waals surface area contributed by atoms with Crippen LogP contribution in [0.5, 0.6) is 11.5 Å². The zero-order valence-electron chi connectivity index (χ0n) is 11.6. The van der Waals surface area contributed by atoms with Crippen LogP contribution in [0, 0.1) is 21.6 Å². The van der Waals surface area contributed by atoms with Crippen LogP contribution in [0.25, 0.3) is 6.08 Å². The van der Waals surface area contributed by atoms with E-state index in [1.54, 1.807) is 12.1 Å². The summed E-state index contributed by atoms with van der Waals surface area (Å²) in [5, 5.41) is 10.5. The van der Waals surface area contributed by atoms with E-state index in [2.05, 4.69) is 31.1 Å². The van der Waals surface area contributed by atoms with Gasteiger partial charge in [-0.25, -0.2) is 0 Å². The lowest BCUT2D eigenvalue weighted by atomic mass is 10.1. The fraction of sp³-hybridized carbons (Fsp3) is 0.286.